The highest BCUT2D eigenvalue weighted by Gasteiger charge is 2.59. The Morgan fingerprint density at radius 1 is 0.909 bits per heavy atom. The second kappa shape index (κ2) is 11.0. The van der Waals surface area contributed by atoms with Crippen molar-refractivity contribution in [3.8, 4) is 0 Å². The van der Waals surface area contributed by atoms with Gasteiger partial charge in [0.2, 0.25) is 0 Å². The Morgan fingerprint density at radius 3 is 1.91 bits per heavy atom. The molecular formula is C19H36O3. The predicted molar refractivity (Wildman–Crippen MR) is 91.0 cm³/mol. The molecule has 3 heteroatoms. The standard InChI is InChI=1S/C19H36O3/c1-4-6-7-8-9-10-11-12-13-14-15-16-17-19(3,22-17)18(20)21-5-2/h17H,4-16H2,1-3H3/t17-,19+/m0/s1. The Balaban J connectivity index is 1.86. The van der Waals surface area contributed by atoms with Gasteiger partial charge in [-0.1, -0.05) is 77.6 Å². The van der Waals surface area contributed by atoms with Gasteiger partial charge in [0.25, 0.3) is 0 Å². The highest BCUT2D eigenvalue weighted by molar-refractivity contribution is 5.82. The number of hydrogen-bond acceptors (Lipinski definition) is 3. The largest absolute Gasteiger partial charge is 0.464 e. The second-order valence-electron chi connectivity index (χ2n) is 6.76. The minimum Gasteiger partial charge on any atom is -0.464 e. The molecule has 1 rings (SSSR count). The lowest BCUT2D eigenvalue weighted by Crippen LogP contribution is -2.26. The molecule has 0 aromatic rings. The van der Waals surface area contributed by atoms with E-state index in [1.165, 1.54) is 64.2 Å². The van der Waals surface area contributed by atoms with E-state index in [0.29, 0.717) is 6.61 Å². The van der Waals surface area contributed by atoms with Gasteiger partial charge in [-0.2, -0.15) is 0 Å². The molecule has 1 aliphatic heterocycles. The van der Waals surface area contributed by atoms with Crippen LogP contribution < -0.4 is 0 Å². The summed E-state index contributed by atoms with van der Waals surface area (Å²) in [7, 11) is 0. The molecule has 0 aromatic heterocycles. The van der Waals surface area contributed by atoms with Crippen LogP contribution in [-0.2, 0) is 14.3 Å². The van der Waals surface area contributed by atoms with Crippen LogP contribution in [0, 0.1) is 0 Å². The molecule has 0 spiro atoms. The van der Waals surface area contributed by atoms with E-state index in [9.17, 15) is 4.79 Å². The highest BCUT2D eigenvalue weighted by Crippen LogP contribution is 2.40. The van der Waals surface area contributed by atoms with Gasteiger partial charge >= 0.3 is 5.97 Å². The summed E-state index contributed by atoms with van der Waals surface area (Å²) in [4.78, 5) is 11.7. The molecule has 0 aromatic carbocycles. The Kier molecular flexibility index (Phi) is 9.77. The first kappa shape index (κ1) is 19.5. The molecule has 2 atom stereocenters. The summed E-state index contributed by atoms with van der Waals surface area (Å²) in [6.45, 7) is 6.39. The lowest BCUT2D eigenvalue weighted by molar-refractivity contribution is -0.148. The summed E-state index contributed by atoms with van der Waals surface area (Å²) in [6, 6.07) is 0. The van der Waals surface area contributed by atoms with E-state index in [0.717, 1.165) is 12.8 Å². The zero-order valence-corrected chi connectivity index (χ0v) is 15.0. The van der Waals surface area contributed by atoms with E-state index >= 15 is 0 Å². The first-order chi connectivity index (χ1) is 10.6. The van der Waals surface area contributed by atoms with Gasteiger partial charge in [0, 0.05) is 0 Å². The van der Waals surface area contributed by atoms with Crippen molar-refractivity contribution in [2.45, 2.75) is 110 Å². The van der Waals surface area contributed by atoms with Crippen LogP contribution in [-0.4, -0.2) is 24.3 Å². The van der Waals surface area contributed by atoms with E-state index in [1.54, 1.807) is 0 Å². The Bertz CT molecular complexity index is 303. The maximum atomic E-state index is 11.7. The normalized spacial score (nSPS) is 23.5. The van der Waals surface area contributed by atoms with Gasteiger partial charge in [-0.25, -0.2) is 4.79 Å². The number of esters is 1. The molecule has 1 saturated heterocycles. The van der Waals surface area contributed by atoms with Gasteiger partial charge in [-0.3, -0.25) is 0 Å². The zero-order valence-electron chi connectivity index (χ0n) is 15.0. The summed E-state index contributed by atoms with van der Waals surface area (Å²) in [6.07, 6.45) is 15.9. The lowest BCUT2D eigenvalue weighted by atomic mass is 10.0. The Labute approximate surface area is 137 Å². The smallest absolute Gasteiger partial charge is 0.340 e. The Morgan fingerprint density at radius 2 is 1.41 bits per heavy atom. The topological polar surface area (TPSA) is 38.8 Å². The fourth-order valence-electron chi connectivity index (χ4n) is 3.04. The van der Waals surface area contributed by atoms with Crippen LogP contribution in [0.1, 0.15) is 97.8 Å². The zero-order chi connectivity index (χ0) is 16.3. The molecule has 3 nitrogen and oxygen atoms in total. The average Bonchev–Trinajstić information content (AvgIpc) is 3.17. The number of epoxide rings is 1. The maximum Gasteiger partial charge on any atom is 0.340 e. The molecule has 130 valence electrons. The molecule has 1 heterocycles. The molecular weight excluding hydrogens is 276 g/mol. The maximum absolute atomic E-state index is 11.7. The number of ether oxygens (including phenoxy) is 2. The molecule has 0 bridgehead atoms. The third-order valence-corrected chi connectivity index (χ3v) is 4.69. The van der Waals surface area contributed by atoms with Crippen LogP contribution in [0.4, 0.5) is 0 Å². The fourth-order valence-corrected chi connectivity index (χ4v) is 3.04. The number of rotatable bonds is 14. The molecule has 0 unspecified atom stereocenters. The second-order valence-corrected chi connectivity index (χ2v) is 6.76. The first-order valence-electron chi connectivity index (χ1n) is 9.50. The van der Waals surface area contributed by atoms with Crippen LogP contribution in [0.25, 0.3) is 0 Å². The van der Waals surface area contributed by atoms with Crippen LogP contribution in [0.3, 0.4) is 0 Å². The van der Waals surface area contributed by atoms with Crippen LogP contribution in [0.5, 0.6) is 0 Å². The number of hydrogen-bond donors (Lipinski definition) is 0. The van der Waals surface area contributed by atoms with Crippen molar-refractivity contribution in [2.24, 2.45) is 0 Å². The summed E-state index contributed by atoms with van der Waals surface area (Å²) >= 11 is 0. The van der Waals surface area contributed by atoms with E-state index in [-0.39, 0.29) is 12.1 Å². The predicted octanol–water partition coefficient (Wildman–Crippen LogP) is 5.41. The van der Waals surface area contributed by atoms with Gasteiger partial charge in [0.1, 0.15) is 0 Å². The fraction of sp³-hybridized carbons (Fsp3) is 0.947. The van der Waals surface area contributed by atoms with E-state index in [4.69, 9.17) is 9.47 Å². The van der Waals surface area contributed by atoms with Gasteiger partial charge < -0.3 is 9.47 Å². The lowest BCUT2D eigenvalue weighted by Gasteiger charge is -2.05. The van der Waals surface area contributed by atoms with Crippen molar-refractivity contribution >= 4 is 5.97 Å². The molecule has 0 N–H and O–H groups in total. The van der Waals surface area contributed by atoms with Gasteiger partial charge in [0.15, 0.2) is 5.60 Å². The molecule has 22 heavy (non-hydrogen) atoms. The summed E-state index contributed by atoms with van der Waals surface area (Å²) in [5.74, 6) is -0.192. The summed E-state index contributed by atoms with van der Waals surface area (Å²) < 4.78 is 10.6. The van der Waals surface area contributed by atoms with Crippen molar-refractivity contribution in [2.75, 3.05) is 6.61 Å². The van der Waals surface area contributed by atoms with Gasteiger partial charge in [0.05, 0.1) is 12.7 Å². The number of carbonyl (C=O) groups is 1. The number of unbranched alkanes of at least 4 members (excludes halogenated alkanes) is 10. The number of carbonyl (C=O) groups excluding carboxylic acids is 1. The highest BCUT2D eigenvalue weighted by atomic mass is 16.7. The van der Waals surface area contributed by atoms with Crippen LogP contribution in [0.2, 0.25) is 0 Å². The van der Waals surface area contributed by atoms with Crippen molar-refractivity contribution in [3.63, 3.8) is 0 Å². The first-order valence-corrected chi connectivity index (χ1v) is 9.50. The summed E-state index contributed by atoms with van der Waals surface area (Å²) in [5.41, 5.74) is -0.644. The molecule has 0 aliphatic carbocycles. The average molecular weight is 312 g/mol. The molecule has 0 amide bonds. The van der Waals surface area contributed by atoms with Crippen molar-refractivity contribution in [3.05, 3.63) is 0 Å². The van der Waals surface area contributed by atoms with Crippen molar-refractivity contribution < 1.29 is 14.3 Å². The minimum absolute atomic E-state index is 0.0881. The Hall–Kier alpha value is -0.570. The minimum atomic E-state index is -0.644. The van der Waals surface area contributed by atoms with E-state index in [1.807, 2.05) is 13.8 Å². The molecule has 0 radical (unpaired) electrons. The molecule has 0 saturated carbocycles. The van der Waals surface area contributed by atoms with Crippen molar-refractivity contribution in [1.82, 2.24) is 0 Å². The third kappa shape index (κ3) is 7.13. The van der Waals surface area contributed by atoms with Gasteiger partial charge in [-0.05, 0) is 20.3 Å². The van der Waals surface area contributed by atoms with E-state index < -0.39 is 5.60 Å². The van der Waals surface area contributed by atoms with Crippen LogP contribution in [0.15, 0.2) is 0 Å². The van der Waals surface area contributed by atoms with E-state index in [2.05, 4.69) is 6.92 Å². The summed E-state index contributed by atoms with van der Waals surface area (Å²) in [5, 5.41) is 0. The van der Waals surface area contributed by atoms with Gasteiger partial charge in [-0.15, -0.1) is 0 Å². The van der Waals surface area contributed by atoms with Crippen LogP contribution >= 0.6 is 0 Å². The SMILES string of the molecule is CCCCCCCCCCCCC[C@@H]1O[C@@]1(C)C(=O)OCC. The van der Waals surface area contributed by atoms with Crippen molar-refractivity contribution in [1.29, 1.82) is 0 Å². The quantitative estimate of drug-likeness (QED) is 0.244. The molecule has 1 fully saturated rings. The molecule has 1 aliphatic rings. The third-order valence-electron chi connectivity index (χ3n) is 4.69. The monoisotopic (exact) mass is 312 g/mol.